The minimum Gasteiger partial charge on any atom is -0.315 e. The van der Waals surface area contributed by atoms with Gasteiger partial charge in [0, 0.05) is 25.7 Å². The second-order valence-corrected chi connectivity index (χ2v) is 6.66. The molecule has 0 radical (unpaired) electrons. The maximum atomic E-state index is 3.66. The lowest BCUT2D eigenvalue weighted by atomic mass is 9.92. The third-order valence-electron chi connectivity index (χ3n) is 3.65. The largest absolute Gasteiger partial charge is 0.315 e. The maximum Gasteiger partial charge on any atom is 0.0217 e. The first-order valence-electron chi connectivity index (χ1n) is 6.96. The predicted molar refractivity (Wildman–Crippen MR) is 75.5 cm³/mol. The van der Waals surface area contributed by atoms with Gasteiger partial charge in [0.2, 0.25) is 0 Å². The Morgan fingerprint density at radius 1 is 1.29 bits per heavy atom. The third kappa shape index (κ3) is 5.84. The van der Waals surface area contributed by atoms with Gasteiger partial charge in [-0.1, -0.05) is 20.3 Å². The van der Waals surface area contributed by atoms with Crippen molar-refractivity contribution in [3.05, 3.63) is 0 Å². The van der Waals surface area contributed by atoms with Crippen molar-refractivity contribution in [2.75, 3.05) is 47.3 Å². The first-order valence-corrected chi connectivity index (χ1v) is 6.96. The zero-order valence-corrected chi connectivity index (χ0v) is 12.4. The smallest absolute Gasteiger partial charge is 0.0217 e. The molecular formula is C14H31N3. The van der Waals surface area contributed by atoms with Crippen LogP contribution in [0, 0.1) is 5.41 Å². The van der Waals surface area contributed by atoms with Crippen LogP contribution >= 0.6 is 0 Å². The highest BCUT2D eigenvalue weighted by atomic mass is 15.2. The molecule has 1 atom stereocenters. The Hall–Kier alpha value is -0.120. The van der Waals surface area contributed by atoms with Crippen LogP contribution in [0.1, 0.15) is 33.1 Å². The van der Waals surface area contributed by atoms with E-state index in [4.69, 9.17) is 0 Å². The molecule has 1 N–H and O–H groups in total. The SMILES string of the molecule is CN(C)CC(C)(C)CNCC1CCCCN1C. The van der Waals surface area contributed by atoms with Crippen LogP contribution in [0.4, 0.5) is 0 Å². The number of hydrogen-bond acceptors (Lipinski definition) is 3. The summed E-state index contributed by atoms with van der Waals surface area (Å²) >= 11 is 0. The molecule has 1 rings (SSSR count). The molecule has 0 aliphatic carbocycles. The summed E-state index contributed by atoms with van der Waals surface area (Å²) in [5.74, 6) is 0. The van der Waals surface area contributed by atoms with Gasteiger partial charge in [-0.05, 0) is 45.9 Å². The predicted octanol–water partition coefficient (Wildman–Crippen LogP) is 1.65. The molecular weight excluding hydrogens is 210 g/mol. The molecule has 102 valence electrons. The van der Waals surface area contributed by atoms with Crippen LogP contribution in [0.3, 0.4) is 0 Å². The molecule has 1 aliphatic rings. The van der Waals surface area contributed by atoms with E-state index < -0.39 is 0 Å². The molecule has 1 unspecified atom stereocenters. The van der Waals surface area contributed by atoms with E-state index in [9.17, 15) is 0 Å². The highest BCUT2D eigenvalue weighted by Crippen LogP contribution is 2.16. The Kier molecular flexibility index (Phi) is 5.90. The molecule has 0 aromatic carbocycles. The minimum absolute atomic E-state index is 0.358. The van der Waals surface area contributed by atoms with E-state index in [1.807, 2.05) is 0 Å². The Morgan fingerprint density at radius 3 is 2.59 bits per heavy atom. The molecule has 0 spiro atoms. The molecule has 0 bridgehead atoms. The number of nitrogens with one attached hydrogen (secondary N) is 1. The second-order valence-electron chi connectivity index (χ2n) is 6.66. The topological polar surface area (TPSA) is 18.5 Å². The third-order valence-corrected chi connectivity index (χ3v) is 3.65. The van der Waals surface area contributed by atoms with Crippen molar-refractivity contribution in [1.82, 2.24) is 15.1 Å². The lowest BCUT2D eigenvalue weighted by Crippen LogP contribution is -2.46. The summed E-state index contributed by atoms with van der Waals surface area (Å²) in [6.07, 6.45) is 4.13. The van der Waals surface area contributed by atoms with Crippen LogP contribution in [0.15, 0.2) is 0 Å². The van der Waals surface area contributed by atoms with Crippen molar-refractivity contribution in [1.29, 1.82) is 0 Å². The minimum atomic E-state index is 0.358. The van der Waals surface area contributed by atoms with Crippen molar-refractivity contribution in [2.45, 2.75) is 39.2 Å². The molecule has 1 saturated heterocycles. The second kappa shape index (κ2) is 6.72. The van der Waals surface area contributed by atoms with E-state index in [0.29, 0.717) is 5.41 Å². The van der Waals surface area contributed by atoms with E-state index >= 15 is 0 Å². The van der Waals surface area contributed by atoms with Crippen LogP contribution in [0.2, 0.25) is 0 Å². The number of likely N-dealkylation sites (tertiary alicyclic amines) is 1. The van der Waals surface area contributed by atoms with Gasteiger partial charge in [0.25, 0.3) is 0 Å². The lowest BCUT2D eigenvalue weighted by Gasteiger charge is -2.34. The van der Waals surface area contributed by atoms with Gasteiger partial charge in [-0.25, -0.2) is 0 Å². The monoisotopic (exact) mass is 241 g/mol. The fraction of sp³-hybridized carbons (Fsp3) is 1.00. The van der Waals surface area contributed by atoms with Gasteiger partial charge in [-0.2, -0.15) is 0 Å². The van der Waals surface area contributed by atoms with Crippen LogP contribution in [0.25, 0.3) is 0 Å². The van der Waals surface area contributed by atoms with E-state index in [2.05, 4.69) is 50.1 Å². The number of likely N-dealkylation sites (N-methyl/N-ethyl adjacent to an activating group) is 1. The Balaban J connectivity index is 2.22. The van der Waals surface area contributed by atoms with Gasteiger partial charge in [0.1, 0.15) is 0 Å². The summed E-state index contributed by atoms with van der Waals surface area (Å²) in [6, 6.07) is 0.749. The zero-order valence-electron chi connectivity index (χ0n) is 12.4. The van der Waals surface area contributed by atoms with Gasteiger partial charge in [-0.3, -0.25) is 0 Å². The molecule has 3 heteroatoms. The Labute approximate surface area is 108 Å². The van der Waals surface area contributed by atoms with Crippen LogP contribution in [-0.4, -0.2) is 63.2 Å². The maximum absolute atomic E-state index is 3.66. The molecule has 17 heavy (non-hydrogen) atoms. The van der Waals surface area contributed by atoms with Gasteiger partial charge in [0.05, 0.1) is 0 Å². The van der Waals surface area contributed by atoms with Crippen molar-refractivity contribution in [2.24, 2.45) is 5.41 Å². The normalized spacial score (nSPS) is 23.3. The highest BCUT2D eigenvalue weighted by molar-refractivity contribution is 4.79. The average molecular weight is 241 g/mol. The summed E-state index contributed by atoms with van der Waals surface area (Å²) in [5, 5.41) is 3.66. The van der Waals surface area contributed by atoms with E-state index in [1.54, 1.807) is 0 Å². The molecule has 0 saturated carbocycles. The first-order chi connectivity index (χ1) is 7.91. The van der Waals surface area contributed by atoms with Crippen molar-refractivity contribution >= 4 is 0 Å². The quantitative estimate of drug-likeness (QED) is 0.763. The number of piperidine rings is 1. The van der Waals surface area contributed by atoms with Crippen LogP contribution in [-0.2, 0) is 0 Å². The summed E-state index contributed by atoms with van der Waals surface area (Å²) in [6.45, 7) is 9.34. The molecule has 0 amide bonds. The average Bonchev–Trinajstić information content (AvgIpc) is 2.18. The number of rotatable bonds is 6. The number of nitrogens with zero attached hydrogens (tertiary/aromatic N) is 2. The van der Waals surface area contributed by atoms with E-state index in [0.717, 1.165) is 25.7 Å². The molecule has 1 fully saturated rings. The van der Waals surface area contributed by atoms with E-state index in [1.165, 1.54) is 25.8 Å². The fourth-order valence-corrected chi connectivity index (χ4v) is 2.89. The first kappa shape index (κ1) is 14.9. The molecule has 1 aliphatic heterocycles. The fourth-order valence-electron chi connectivity index (χ4n) is 2.89. The standard InChI is InChI=1S/C14H31N3/c1-14(2,12-16(3)4)11-15-10-13-8-6-7-9-17(13)5/h13,15H,6-12H2,1-5H3. The van der Waals surface area contributed by atoms with E-state index in [-0.39, 0.29) is 0 Å². The zero-order chi connectivity index (χ0) is 12.9. The molecule has 1 heterocycles. The lowest BCUT2D eigenvalue weighted by molar-refractivity contribution is 0.170. The van der Waals surface area contributed by atoms with Crippen LogP contribution in [0.5, 0.6) is 0 Å². The van der Waals surface area contributed by atoms with Crippen LogP contribution < -0.4 is 5.32 Å². The van der Waals surface area contributed by atoms with Gasteiger partial charge in [-0.15, -0.1) is 0 Å². The van der Waals surface area contributed by atoms with Crippen molar-refractivity contribution in [3.8, 4) is 0 Å². The van der Waals surface area contributed by atoms with Gasteiger partial charge >= 0.3 is 0 Å². The Morgan fingerprint density at radius 2 is 2.00 bits per heavy atom. The summed E-state index contributed by atoms with van der Waals surface area (Å²) < 4.78 is 0. The van der Waals surface area contributed by atoms with Crippen molar-refractivity contribution in [3.63, 3.8) is 0 Å². The highest BCUT2D eigenvalue weighted by Gasteiger charge is 2.21. The van der Waals surface area contributed by atoms with Crippen molar-refractivity contribution < 1.29 is 0 Å². The Bertz CT molecular complexity index is 214. The number of hydrogen-bond donors (Lipinski definition) is 1. The summed E-state index contributed by atoms with van der Waals surface area (Å²) in [4.78, 5) is 4.78. The molecule has 0 aromatic heterocycles. The summed E-state index contributed by atoms with van der Waals surface area (Å²) in [5.41, 5.74) is 0.358. The molecule has 0 aromatic rings. The molecule has 3 nitrogen and oxygen atoms in total. The van der Waals surface area contributed by atoms with Gasteiger partial charge < -0.3 is 15.1 Å². The van der Waals surface area contributed by atoms with Gasteiger partial charge in [0.15, 0.2) is 0 Å². The summed E-state index contributed by atoms with van der Waals surface area (Å²) in [7, 11) is 6.56.